The number of rotatable bonds is 3. The van der Waals surface area contributed by atoms with E-state index in [4.69, 9.17) is 0 Å². The molecule has 0 amide bonds. The molecule has 0 saturated heterocycles. The lowest BCUT2D eigenvalue weighted by Gasteiger charge is -2.31. The van der Waals surface area contributed by atoms with Gasteiger partial charge in [0.05, 0.1) is 5.56 Å². The highest BCUT2D eigenvalue weighted by molar-refractivity contribution is 9.10. The normalized spacial score (nSPS) is 17.0. The van der Waals surface area contributed by atoms with Crippen LogP contribution in [0.3, 0.4) is 0 Å². The van der Waals surface area contributed by atoms with E-state index in [2.05, 4.69) is 27.3 Å². The summed E-state index contributed by atoms with van der Waals surface area (Å²) in [5.74, 6) is 0.283. The smallest absolute Gasteiger partial charge is 0.384 e. The van der Waals surface area contributed by atoms with Gasteiger partial charge in [-0.05, 0) is 35.7 Å². The zero-order chi connectivity index (χ0) is 15.0. The number of hydrogen-bond donors (Lipinski definition) is 1. The fourth-order valence-electron chi connectivity index (χ4n) is 2.68. The lowest BCUT2D eigenvalue weighted by atomic mass is 9.77. The van der Waals surface area contributed by atoms with Crippen LogP contribution in [0.5, 0.6) is 0 Å². The first-order valence-corrected chi connectivity index (χ1v) is 7.43. The van der Waals surface area contributed by atoms with Crippen molar-refractivity contribution in [3.63, 3.8) is 0 Å². The number of anilines is 1. The summed E-state index contributed by atoms with van der Waals surface area (Å²) in [6.07, 6.45) is -3.44. The minimum Gasteiger partial charge on any atom is -0.384 e. The van der Waals surface area contributed by atoms with Gasteiger partial charge in [-0.3, -0.25) is 0 Å². The zero-order valence-electron chi connectivity index (χ0n) is 11.0. The second-order valence-electron chi connectivity index (χ2n) is 5.17. The summed E-state index contributed by atoms with van der Waals surface area (Å²) in [6, 6.07) is 12.2. The summed E-state index contributed by atoms with van der Waals surface area (Å²) in [7, 11) is 0. The van der Waals surface area contributed by atoms with Crippen LogP contribution < -0.4 is 5.32 Å². The average molecular weight is 356 g/mol. The van der Waals surface area contributed by atoms with Crippen LogP contribution in [-0.2, 0) is 12.6 Å². The second-order valence-corrected chi connectivity index (χ2v) is 6.08. The predicted octanol–water partition coefficient (Wildman–Crippen LogP) is 5.22. The molecule has 0 saturated carbocycles. The van der Waals surface area contributed by atoms with Crippen LogP contribution >= 0.6 is 15.9 Å². The van der Waals surface area contributed by atoms with Gasteiger partial charge in [0.2, 0.25) is 0 Å². The topological polar surface area (TPSA) is 12.0 Å². The molecular weight excluding hydrogens is 343 g/mol. The van der Waals surface area contributed by atoms with Gasteiger partial charge >= 0.3 is 6.18 Å². The Kier molecular flexibility index (Phi) is 3.69. The first kappa shape index (κ1) is 14.4. The molecule has 1 atom stereocenters. The van der Waals surface area contributed by atoms with Crippen molar-refractivity contribution in [1.29, 1.82) is 0 Å². The molecule has 2 aromatic rings. The molecular formula is C16H13BrF3N. The molecule has 2 aromatic carbocycles. The summed E-state index contributed by atoms with van der Waals surface area (Å²) in [5, 5.41) is 2.95. The summed E-state index contributed by atoms with van der Waals surface area (Å²) >= 11 is 3.09. The molecule has 0 bridgehead atoms. The van der Waals surface area contributed by atoms with Gasteiger partial charge < -0.3 is 5.32 Å². The molecule has 5 heteroatoms. The Morgan fingerprint density at radius 2 is 1.90 bits per heavy atom. The van der Waals surface area contributed by atoms with Crippen molar-refractivity contribution in [2.75, 3.05) is 11.9 Å². The van der Waals surface area contributed by atoms with Crippen molar-refractivity contribution in [1.82, 2.24) is 0 Å². The molecule has 1 N–H and O–H groups in total. The molecule has 0 radical (unpaired) electrons. The second kappa shape index (κ2) is 5.37. The fraction of sp³-hybridized carbons (Fsp3) is 0.250. The number of halogens is 4. The molecule has 3 rings (SSSR count). The van der Waals surface area contributed by atoms with Crippen molar-refractivity contribution in [3.05, 3.63) is 63.6 Å². The number of alkyl halides is 3. The van der Waals surface area contributed by atoms with Crippen LogP contribution in [0.1, 0.15) is 22.6 Å². The van der Waals surface area contributed by atoms with Crippen molar-refractivity contribution in [2.24, 2.45) is 0 Å². The van der Waals surface area contributed by atoms with Crippen LogP contribution in [0, 0.1) is 0 Å². The van der Waals surface area contributed by atoms with Crippen LogP contribution in [0.25, 0.3) is 0 Å². The molecule has 0 fully saturated rings. The van der Waals surface area contributed by atoms with E-state index in [-0.39, 0.29) is 11.6 Å². The van der Waals surface area contributed by atoms with Gasteiger partial charge in [-0.1, -0.05) is 40.2 Å². The van der Waals surface area contributed by atoms with E-state index in [1.807, 2.05) is 18.2 Å². The highest BCUT2D eigenvalue weighted by atomic mass is 79.9. The molecule has 1 aliphatic rings. The quantitative estimate of drug-likeness (QED) is 0.795. The maximum Gasteiger partial charge on any atom is 0.418 e. The van der Waals surface area contributed by atoms with Crippen molar-refractivity contribution in [2.45, 2.75) is 18.5 Å². The van der Waals surface area contributed by atoms with Crippen LogP contribution in [0.15, 0.2) is 46.9 Å². The van der Waals surface area contributed by atoms with E-state index in [1.54, 1.807) is 6.07 Å². The van der Waals surface area contributed by atoms with E-state index >= 15 is 0 Å². The standard InChI is InChI=1S/C16H13BrF3N/c17-12-5-6-15(14(8-12)16(18,19)20)21-9-11-7-10-3-1-2-4-13(10)11/h1-6,8,11,21H,7,9H2. The first-order chi connectivity index (χ1) is 9.95. The lowest BCUT2D eigenvalue weighted by Crippen LogP contribution is -2.25. The van der Waals surface area contributed by atoms with Gasteiger partial charge in [-0.2, -0.15) is 13.2 Å². The zero-order valence-corrected chi connectivity index (χ0v) is 12.6. The lowest BCUT2D eigenvalue weighted by molar-refractivity contribution is -0.137. The van der Waals surface area contributed by atoms with E-state index in [0.29, 0.717) is 11.0 Å². The monoisotopic (exact) mass is 355 g/mol. The summed E-state index contributed by atoms with van der Waals surface area (Å²) in [5.41, 5.74) is 2.02. The Labute approximate surface area is 129 Å². The Balaban J connectivity index is 1.75. The highest BCUT2D eigenvalue weighted by Crippen LogP contribution is 2.38. The van der Waals surface area contributed by atoms with Crippen LogP contribution in [-0.4, -0.2) is 6.54 Å². The highest BCUT2D eigenvalue weighted by Gasteiger charge is 2.34. The molecule has 0 spiro atoms. The number of nitrogens with one attached hydrogen (secondary N) is 1. The summed E-state index contributed by atoms with van der Waals surface area (Å²) < 4.78 is 39.5. The number of benzene rings is 2. The van der Waals surface area contributed by atoms with E-state index < -0.39 is 11.7 Å². The van der Waals surface area contributed by atoms with E-state index in [1.165, 1.54) is 17.2 Å². The van der Waals surface area contributed by atoms with Crippen molar-refractivity contribution in [3.8, 4) is 0 Å². The Bertz CT molecular complexity index is 667. The molecule has 1 unspecified atom stereocenters. The van der Waals surface area contributed by atoms with E-state index in [9.17, 15) is 13.2 Å². The SMILES string of the molecule is FC(F)(F)c1cc(Br)ccc1NCC1Cc2ccccc21. The molecule has 0 aromatic heterocycles. The van der Waals surface area contributed by atoms with Crippen LogP contribution in [0.2, 0.25) is 0 Å². The third-order valence-corrected chi connectivity index (χ3v) is 4.28. The van der Waals surface area contributed by atoms with E-state index in [0.717, 1.165) is 12.5 Å². The molecule has 1 nitrogen and oxygen atoms in total. The molecule has 110 valence electrons. The molecule has 0 aliphatic heterocycles. The number of fused-ring (bicyclic) bond motifs is 1. The third-order valence-electron chi connectivity index (χ3n) is 3.79. The Hall–Kier alpha value is -1.49. The first-order valence-electron chi connectivity index (χ1n) is 6.63. The molecule has 1 aliphatic carbocycles. The van der Waals surface area contributed by atoms with Crippen molar-refractivity contribution >= 4 is 21.6 Å². The molecule has 0 heterocycles. The maximum atomic E-state index is 13.0. The summed E-state index contributed by atoms with van der Waals surface area (Å²) in [4.78, 5) is 0. The maximum absolute atomic E-state index is 13.0. The van der Waals surface area contributed by atoms with Crippen LogP contribution in [0.4, 0.5) is 18.9 Å². The largest absolute Gasteiger partial charge is 0.418 e. The third kappa shape index (κ3) is 2.93. The van der Waals surface area contributed by atoms with Gasteiger partial charge in [-0.15, -0.1) is 0 Å². The minimum atomic E-state index is -4.36. The Morgan fingerprint density at radius 3 is 2.62 bits per heavy atom. The minimum absolute atomic E-state index is 0.134. The predicted molar refractivity (Wildman–Crippen MR) is 80.5 cm³/mol. The fourth-order valence-corrected chi connectivity index (χ4v) is 3.04. The average Bonchev–Trinajstić information content (AvgIpc) is 2.40. The number of hydrogen-bond acceptors (Lipinski definition) is 1. The summed E-state index contributed by atoms with van der Waals surface area (Å²) in [6.45, 7) is 0.516. The Morgan fingerprint density at radius 1 is 1.14 bits per heavy atom. The van der Waals surface area contributed by atoms with Gasteiger partial charge in [0, 0.05) is 22.6 Å². The van der Waals surface area contributed by atoms with Crippen molar-refractivity contribution < 1.29 is 13.2 Å². The molecule has 21 heavy (non-hydrogen) atoms. The van der Waals surface area contributed by atoms with Gasteiger partial charge in [-0.25, -0.2) is 0 Å². The van der Waals surface area contributed by atoms with Gasteiger partial charge in [0.1, 0.15) is 0 Å². The van der Waals surface area contributed by atoms with Gasteiger partial charge in [0.25, 0.3) is 0 Å². The van der Waals surface area contributed by atoms with Gasteiger partial charge in [0.15, 0.2) is 0 Å².